The van der Waals surface area contributed by atoms with Crippen molar-refractivity contribution < 1.29 is 27.1 Å². The second kappa shape index (κ2) is 5.07. The fourth-order valence-electron chi connectivity index (χ4n) is 2.25. The SMILES string of the molecule is Cc1c(F)c(F)c(COC(=O)C2C(C)C2C)c(F)c1F. The maximum absolute atomic E-state index is 13.6. The van der Waals surface area contributed by atoms with Crippen LogP contribution in [0.2, 0.25) is 0 Å². The van der Waals surface area contributed by atoms with Crippen LogP contribution in [0.25, 0.3) is 0 Å². The topological polar surface area (TPSA) is 26.3 Å². The molecule has 1 aromatic rings. The molecule has 0 amide bonds. The predicted molar refractivity (Wildman–Crippen MR) is 62.6 cm³/mol. The third-order valence-corrected chi connectivity index (χ3v) is 4.03. The molecular formula is C14H14F4O2. The van der Waals surface area contributed by atoms with Crippen molar-refractivity contribution in [1.29, 1.82) is 0 Å². The summed E-state index contributed by atoms with van der Waals surface area (Å²) in [6, 6.07) is 0. The number of carbonyl (C=O) groups excluding carboxylic acids is 1. The molecule has 2 rings (SSSR count). The lowest BCUT2D eigenvalue weighted by atomic mass is 10.1. The first-order valence-corrected chi connectivity index (χ1v) is 6.25. The van der Waals surface area contributed by atoms with Crippen LogP contribution in [-0.4, -0.2) is 5.97 Å². The summed E-state index contributed by atoms with van der Waals surface area (Å²) in [7, 11) is 0. The zero-order valence-corrected chi connectivity index (χ0v) is 11.3. The molecule has 0 radical (unpaired) electrons. The quantitative estimate of drug-likeness (QED) is 0.484. The van der Waals surface area contributed by atoms with Crippen LogP contribution in [-0.2, 0) is 16.1 Å². The number of halogens is 4. The molecule has 2 atom stereocenters. The molecule has 110 valence electrons. The summed E-state index contributed by atoms with van der Waals surface area (Å²) in [5.74, 6) is -6.62. The predicted octanol–water partition coefficient (Wildman–Crippen LogP) is 3.50. The van der Waals surface area contributed by atoms with Gasteiger partial charge in [-0.05, 0) is 18.8 Å². The van der Waals surface area contributed by atoms with Gasteiger partial charge in [0.25, 0.3) is 0 Å². The number of carbonyl (C=O) groups is 1. The summed E-state index contributed by atoms with van der Waals surface area (Å²) < 4.78 is 58.5. The molecule has 1 aliphatic rings. The molecule has 0 aliphatic heterocycles. The highest BCUT2D eigenvalue weighted by Crippen LogP contribution is 2.46. The Labute approximate surface area is 113 Å². The molecule has 6 heteroatoms. The van der Waals surface area contributed by atoms with Gasteiger partial charge in [-0.25, -0.2) is 17.6 Å². The van der Waals surface area contributed by atoms with Crippen molar-refractivity contribution in [2.45, 2.75) is 27.4 Å². The first-order valence-electron chi connectivity index (χ1n) is 6.25. The minimum Gasteiger partial charge on any atom is -0.460 e. The summed E-state index contributed by atoms with van der Waals surface area (Å²) in [6.07, 6.45) is 0. The van der Waals surface area contributed by atoms with E-state index in [9.17, 15) is 22.4 Å². The summed E-state index contributed by atoms with van der Waals surface area (Å²) in [5, 5.41) is 0. The Morgan fingerprint density at radius 2 is 1.45 bits per heavy atom. The Morgan fingerprint density at radius 3 is 1.85 bits per heavy atom. The van der Waals surface area contributed by atoms with Crippen molar-refractivity contribution in [2.24, 2.45) is 17.8 Å². The third-order valence-electron chi connectivity index (χ3n) is 4.03. The summed E-state index contributed by atoms with van der Waals surface area (Å²) in [4.78, 5) is 11.6. The summed E-state index contributed by atoms with van der Waals surface area (Å²) in [5.41, 5.74) is -1.64. The molecule has 2 nitrogen and oxygen atoms in total. The second-order valence-electron chi connectivity index (χ2n) is 5.21. The zero-order chi connectivity index (χ0) is 15.2. The molecule has 0 aromatic heterocycles. The van der Waals surface area contributed by atoms with Crippen LogP contribution in [0.4, 0.5) is 17.6 Å². The fourth-order valence-corrected chi connectivity index (χ4v) is 2.25. The molecule has 0 N–H and O–H groups in total. The van der Waals surface area contributed by atoms with E-state index in [0.717, 1.165) is 6.92 Å². The number of hydrogen-bond acceptors (Lipinski definition) is 2. The van der Waals surface area contributed by atoms with E-state index in [4.69, 9.17) is 4.74 Å². The van der Waals surface area contributed by atoms with Gasteiger partial charge in [0.2, 0.25) is 0 Å². The van der Waals surface area contributed by atoms with Gasteiger partial charge in [-0.1, -0.05) is 13.8 Å². The monoisotopic (exact) mass is 290 g/mol. The number of benzene rings is 1. The second-order valence-corrected chi connectivity index (χ2v) is 5.21. The molecule has 1 saturated carbocycles. The minimum absolute atomic E-state index is 0.142. The summed E-state index contributed by atoms with van der Waals surface area (Å²) >= 11 is 0. The van der Waals surface area contributed by atoms with Crippen LogP contribution in [0.3, 0.4) is 0 Å². The summed E-state index contributed by atoms with van der Waals surface area (Å²) in [6.45, 7) is 3.81. The van der Waals surface area contributed by atoms with Crippen molar-refractivity contribution in [3.63, 3.8) is 0 Å². The van der Waals surface area contributed by atoms with E-state index in [1.807, 2.05) is 13.8 Å². The molecule has 1 aromatic carbocycles. The van der Waals surface area contributed by atoms with Crippen molar-refractivity contribution >= 4 is 5.97 Å². The van der Waals surface area contributed by atoms with Crippen molar-refractivity contribution in [2.75, 3.05) is 0 Å². The Hall–Kier alpha value is -1.59. The van der Waals surface area contributed by atoms with Gasteiger partial charge in [0, 0.05) is 5.56 Å². The first kappa shape index (κ1) is 14.8. The largest absolute Gasteiger partial charge is 0.460 e. The average molecular weight is 290 g/mol. The third kappa shape index (κ3) is 2.27. The smallest absolute Gasteiger partial charge is 0.309 e. The number of rotatable bonds is 3. The van der Waals surface area contributed by atoms with Crippen LogP contribution < -0.4 is 0 Å². The van der Waals surface area contributed by atoms with Crippen LogP contribution in [0.15, 0.2) is 0 Å². The molecule has 0 saturated heterocycles. The highest BCUT2D eigenvalue weighted by atomic mass is 19.2. The fraction of sp³-hybridized carbons (Fsp3) is 0.500. The van der Waals surface area contributed by atoms with E-state index in [0.29, 0.717) is 0 Å². The van der Waals surface area contributed by atoms with Crippen molar-refractivity contribution in [3.8, 4) is 0 Å². The van der Waals surface area contributed by atoms with Crippen LogP contribution in [0, 0.1) is 47.9 Å². The molecule has 20 heavy (non-hydrogen) atoms. The molecule has 0 bridgehead atoms. The van der Waals surface area contributed by atoms with Gasteiger partial charge >= 0.3 is 5.97 Å². The molecule has 2 unspecified atom stereocenters. The van der Waals surface area contributed by atoms with Crippen molar-refractivity contribution in [1.82, 2.24) is 0 Å². The average Bonchev–Trinajstić information content (AvgIpc) is 3.01. The van der Waals surface area contributed by atoms with E-state index in [2.05, 4.69) is 0 Å². The lowest BCUT2D eigenvalue weighted by Crippen LogP contribution is -2.13. The van der Waals surface area contributed by atoms with Gasteiger partial charge in [0.15, 0.2) is 23.3 Å². The van der Waals surface area contributed by atoms with E-state index in [1.165, 1.54) is 0 Å². The van der Waals surface area contributed by atoms with Gasteiger partial charge in [-0.15, -0.1) is 0 Å². The zero-order valence-electron chi connectivity index (χ0n) is 11.3. The normalized spacial score (nSPS) is 24.6. The Bertz CT molecular complexity index is 534. The van der Waals surface area contributed by atoms with Crippen LogP contribution >= 0.6 is 0 Å². The van der Waals surface area contributed by atoms with Crippen molar-refractivity contribution in [3.05, 3.63) is 34.4 Å². The minimum atomic E-state index is -1.52. The van der Waals surface area contributed by atoms with Gasteiger partial charge in [0.05, 0.1) is 11.5 Å². The standard InChI is InChI=1S/C14H14F4O2/c1-5-6(2)9(5)14(19)20-4-8-12(17)10(15)7(3)11(16)13(8)18/h5-6,9H,4H2,1-3H3. The first-order chi connectivity index (χ1) is 9.27. The molecular weight excluding hydrogens is 276 g/mol. The lowest BCUT2D eigenvalue weighted by Gasteiger charge is -2.10. The van der Waals surface area contributed by atoms with Gasteiger partial charge < -0.3 is 4.74 Å². The molecule has 0 heterocycles. The Balaban J connectivity index is 2.16. The maximum atomic E-state index is 13.6. The van der Waals surface area contributed by atoms with Gasteiger partial charge in [0.1, 0.15) is 6.61 Å². The molecule has 1 fully saturated rings. The lowest BCUT2D eigenvalue weighted by molar-refractivity contribution is -0.147. The molecule has 1 aliphatic carbocycles. The van der Waals surface area contributed by atoms with Crippen LogP contribution in [0.5, 0.6) is 0 Å². The number of hydrogen-bond donors (Lipinski definition) is 0. The van der Waals surface area contributed by atoms with Crippen LogP contribution in [0.1, 0.15) is 25.0 Å². The van der Waals surface area contributed by atoms with E-state index < -0.39 is 47.0 Å². The number of ether oxygens (including phenoxy) is 1. The van der Waals surface area contributed by atoms with Gasteiger partial charge in [-0.3, -0.25) is 4.79 Å². The molecule has 0 spiro atoms. The number of esters is 1. The highest BCUT2D eigenvalue weighted by molar-refractivity contribution is 5.76. The van der Waals surface area contributed by atoms with E-state index in [1.54, 1.807) is 0 Å². The Kier molecular flexibility index (Phi) is 3.75. The Morgan fingerprint density at radius 1 is 1.00 bits per heavy atom. The van der Waals surface area contributed by atoms with E-state index >= 15 is 0 Å². The van der Waals surface area contributed by atoms with Gasteiger partial charge in [-0.2, -0.15) is 0 Å². The maximum Gasteiger partial charge on any atom is 0.309 e. The highest BCUT2D eigenvalue weighted by Gasteiger charge is 2.49. The van der Waals surface area contributed by atoms with E-state index in [-0.39, 0.29) is 17.8 Å².